The van der Waals surface area contributed by atoms with Gasteiger partial charge in [-0.2, -0.15) is 0 Å². The van der Waals surface area contributed by atoms with Crippen molar-refractivity contribution in [2.24, 2.45) is 28.6 Å². The number of carbonyl (C=O) groups excluding carboxylic acids is 4. The topological polar surface area (TPSA) is 125 Å². The Labute approximate surface area is 246 Å². The summed E-state index contributed by atoms with van der Waals surface area (Å²) in [5.41, 5.74) is -2.66. The molecule has 41 heavy (non-hydrogen) atoms. The normalized spacial score (nSPS) is 39.1. The molecule has 0 spiro atoms. The number of alkyl halides is 1. The first-order valence-corrected chi connectivity index (χ1v) is 15.2. The van der Waals surface area contributed by atoms with Gasteiger partial charge in [-0.15, -0.1) is 11.6 Å². The second-order valence-electron chi connectivity index (χ2n) is 12.5. The van der Waals surface area contributed by atoms with Crippen LogP contribution in [0.5, 0.6) is 0 Å². The maximum Gasteiger partial charge on any atom is 0.509 e. The zero-order valence-corrected chi connectivity index (χ0v) is 25.5. The summed E-state index contributed by atoms with van der Waals surface area (Å²) in [6.07, 6.45) is 5.71. The molecule has 0 aromatic carbocycles. The molecule has 0 aromatic rings. The zero-order valence-electron chi connectivity index (χ0n) is 24.7. The molecule has 0 amide bonds. The molecule has 1 unspecified atom stereocenters. The minimum absolute atomic E-state index is 0.0560. The Hall–Kier alpha value is -2.39. The molecule has 4 rings (SSSR count). The number of fused-ring (bicyclic) bond motifs is 5. The van der Waals surface area contributed by atoms with E-state index in [1.807, 2.05) is 40.7 Å². The van der Waals surface area contributed by atoms with Gasteiger partial charge >= 0.3 is 12.3 Å². The van der Waals surface area contributed by atoms with Crippen molar-refractivity contribution in [3.05, 3.63) is 23.8 Å². The Balaban J connectivity index is 1.71. The van der Waals surface area contributed by atoms with Crippen LogP contribution in [0.25, 0.3) is 0 Å². The number of unbranched alkanes of at least 4 members (excludes halogenated alkanes) is 1. The number of allylic oxidation sites excluding steroid dienone is 4. The van der Waals surface area contributed by atoms with Crippen LogP contribution in [0.2, 0.25) is 0 Å². The fraction of sp³-hybridized carbons (Fsp3) is 0.742. The molecular formula is C31H43ClO9. The van der Waals surface area contributed by atoms with Gasteiger partial charge in [0.1, 0.15) is 0 Å². The molecule has 0 radical (unpaired) electrons. The van der Waals surface area contributed by atoms with Crippen molar-refractivity contribution >= 4 is 35.5 Å². The highest BCUT2D eigenvalue weighted by Crippen LogP contribution is 2.72. The third-order valence-corrected chi connectivity index (χ3v) is 11.2. The summed E-state index contributed by atoms with van der Waals surface area (Å²) in [5.74, 6) is -1.65. The molecule has 1 N–H and O–H groups in total. The first-order valence-electron chi connectivity index (χ1n) is 14.8. The molecule has 10 heteroatoms. The van der Waals surface area contributed by atoms with Crippen LogP contribution in [-0.4, -0.2) is 65.4 Å². The fourth-order valence-corrected chi connectivity index (χ4v) is 8.84. The van der Waals surface area contributed by atoms with Crippen molar-refractivity contribution in [2.75, 3.05) is 19.8 Å². The Morgan fingerprint density at radius 3 is 2.44 bits per heavy atom. The van der Waals surface area contributed by atoms with Crippen LogP contribution >= 0.6 is 11.6 Å². The van der Waals surface area contributed by atoms with Gasteiger partial charge in [0.05, 0.1) is 24.2 Å². The van der Waals surface area contributed by atoms with E-state index in [0.717, 1.165) is 12.0 Å². The quantitative estimate of drug-likeness (QED) is 0.203. The van der Waals surface area contributed by atoms with Crippen molar-refractivity contribution in [3.63, 3.8) is 0 Å². The smallest absolute Gasteiger partial charge is 0.434 e. The summed E-state index contributed by atoms with van der Waals surface area (Å²) < 4.78 is 21.5. The highest BCUT2D eigenvalue weighted by atomic mass is 35.5. The van der Waals surface area contributed by atoms with Gasteiger partial charge in [0.25, 0.3) is 0 Å². The average Bonchev–Trinajstić information content (AvgIpc) is 3.14. The van der Waals surface area contributed by atoms with Gasteiger partial charge < -0.3 is 24.1 Å². The van der Waals surface area contributed by atoms with Crippen LogP contribution < -0.4 is 0 Å². The maximum absolute atomic E-state index is 14.1. The molecule has 9 nitrogen and oxygen atoms in total. The number of aliphatic hydroxyl groups is 1. The molecule has 3 saturated carbocycles. The molecule has 4 aliphatic carbocycles. The van der Waals surface area contributed by atoms with E-state index in [0.29, 0.717) is 32.1 Å². The van der Waals surface area contributed by atoms with Crippen molar-refractivity contribution < 1.29 is 43.2 Å². The standard InChI is InChI=1S/C31H43ClO9/c1-6-8-14-39-26(36)40-18-25(35)31(41-27(37)38-13-7-2)19(3)15-23-22-10-9-20-16-21(33)11-12-28(20,4)30(22,32)24(34)17-29(23,31)5/h11-12,16,19,22-24,34H,6-10,13-15,17-18H2,1-5H3/t19-,22+,23+,24?,28+,29+,30+,31+/m1/s1. The minimum atomic E-state index is -1.74. The number of Topliss-reactive ketones (excluding diaryl/α,β-unsaturated/α-hetero) is 1. The van der Waals surface area contributed by atoms with E-state index in [-0.39, 0.29) is 37.3 Å². The summed E-state index contributed by atoms with van der Waals surface area (Å²) in [7, 11) is 0. The minimum Gasteiger partial charge on any atom is -0.434 e. The van der Waals surface area contributed by atoms with E-state index in [9.17, 15) is 24.3 Å². The molecule has 228 valence electrons. The number of ether oxygens (including phenoxy) is 4. The van der Waals surface area contributed by atoms with Gasteiger partial charge in [-0.05, 0) is 62.5 Å². The Bertz CT molecular complexity index is 1130. The van der Waals surface area contributed by atoms with E-state index in [2.05, 4.69) is 0 Å². The van der Waals surface area contributed by atoms with Crippen LogP contribution in [0.4, 0.5) is 9.59 Å². The van der Waals surface area contributed by atoms with Gasteiger partial charge in [0.2, 0.25) is 5.78 Å². The third kappa shape index (κ3) is 4.90. The number of hydrogen-bond acceptors (Lipinski definition) is 9. The summed E-state index contributed by atoms with van der Waals surface area (Å²) in [6, 6.07) is 0. The van der Waals surface area contributed by atoms with Crippen LogP contribution in [-0.2, 0) is 28.5 Å². The summed E-state index contributed by atoms with van der Waals surface area (Å²) in [6.45, 7) is 9.10. The van der Waals surface area contributed by atoms with Crippen LogP contribution in [0, 0.1) is 28.6 Å². The number of halogens is 1. The second kappa shape index (κ2) is 11.7. The van der Waals surface area contributed by atoms with Crippen molar-refractivity contribution in [2.45, 2.75) is 96.1 Å². The number of carbonyl (C=O) groups is 4. The van der Waals surface area contributed by atoms with Crippen molar-refractivity contribution in [1.29, 1.82) is 0 Å². The summed E-state index contributed by atoms with van der Waals surface area (Å²) >= 11 is 7.52. The largest absolute Gasteiger partial charge is 0.509 e. The van der Waals surface area contributed by atoms with Crippen LogP contribution in [0.1, 0.15) is 79.6 Å². The van der Waals surface area contributed by atoms with Crippen molar-refractivity contribution in [1.82, 2.24) is 0 Å². The van der Waals surface area contributed by atoms with E-state index < -0.39 is 58.0 Å². The second-order valence-corrected chi connectivity index (χ2v) is 13.1. The zero-order chi connectivity index (χ0) is 30.2. The Kier molecular flexibility index (Phi) is 9.01. The first-order chi connectivity index (χ1) is 19.3. The molecule has 3 fully saturated rings. The van der Waals surface area contributed by atoms with Gasteiger partial charge in [0, 0.05) is 16.7 Å². The lowest BCUT2D eigenvalue weighted by molar-refractivity contribution is -0.185. The van der Waals surface area contributed by atoms with Gasteiger partial charge in [0.15, 0.2) is 18.0 Å². The molecule has 0 aromatic heterocycles. The Morgan fingerprint density at radius 2 is 1.76 bits per heavy atom. The van der Waals surface area contributed by atoms with E-state index >= 15 is 0 Å². The summed E-state index contributed by atoms with van der Waals surface area (Å²) in [4.78, 5) is 50.3. The molecule has 4 aliphatic rings. The van der Waals surface area contributed by atoms with Gasteiger partial charge in [-0.1, -0.05) is 52.7 Å². The third-order valence-electron chi connectivity index (χ3n) is 10.3. The number of rotatable bonds is 9. The molecule has 0 heterocycles. The number of hydrogen-bond donors (Lipinski definition) is 1. The SMILES string of the molecule is CCCCOC(=O)OCC(=O)[C@@]1(OC(=O)OCCC)[C@H](C)C[C@H]2[C@@H]3CCC4=CC(=O)C=C[C@]4(C)[C@@]3(Cl)C(O)C[C@@]21C. The highest BCUT2D eigenvalue weighted by molar-refractivity contribution is 6.26. The molecule has 8 atom stereocenters. The predicted molar refractivity (Wildman–Crippen MR) is 150 cm³/mol. The monoisotopic (exact) mass is 594 g/mol. The van der Waals surface area contributed by atoms with Crippen molar-refractivity contribution in [3.8, 4) is 0 Å². The lowest BCUT2D eigenvalue weighted by Crippen LogP contribution is -2.69. The lowest BCUT2D eigenvalue weighted by atomic mass is 9.45. The number of ketones is 2. The van der Waals surface area contributed by atoms with Crippen LogP contribution in [0.15, 0.2) is 23.8 Å². The average molecular weight is 595 g/mol. The highest BCUT2D eigenvalue weighted by Gasteiger charge is 2.76. The van der Waals surface area contributed by atoms with E-state index in [4.69, 9.17) is 30.5 Å². The predicted octanol–water partition coefficient (Wildman–Crippen LogP) is 5.70. The molecule has 0 bridgehead atoms. The van der Waals surface area contributed by atoms with E-state index in [1.54, 1.807) is 6.08 Å². The van der Waals surface area contributed by atoms with Crippen LogP contribution in [0.3, 0.4) is 0 Å². The lowest BCUT2D eigenvalue weighted by Gasteiger charge is -2.64. The fourth-order valence-electron chi connectivity index (χ4n) is 8.32. The molecule has 0 aliphatic heterocycles. The van der Waals surface area contributed by atoms with Gasteiger partial charge in [-0.25, -0.2) is 9.59 Å². The number of aliphatic hydroxyl groups excluding tert-OH is 1. The van der Waals surface area contributed by atoms with E-state index in [1.165, 1.54) is 6.08 Å². The van der Waals surface area contributed by atoms with Gasteiger partial charge in [-0.3, -0.25) is 9.59 Å². The first kappa shape index (κ1) is 31.5. The molecule has 0 saturated heterocycles. The summed E-state index contributed by atoms with van der Waals surface area (Å²) in [5, 5.41) is 11.9. The maximum atomic E-state index is 14.1. The molecular weight excluding hydrogens is 552 g/mol. The Morgan fingerprint density at radius 1 is 1.05 bits per heavy atom.